The van der Waals surface area contributed by atoms with Gasteiger partial charge in [0.2, 0.25) is 0 Å². The highest BCUT2D eigenvalue weighted by Crippen LogP contribution is 2.26. The van der Waals surface area contributed by atoms with E-state index in [2.05, 4.69) is 5.32 Å². The lowest BCUT2D eigenvalue weighted by atomic mass is 10.1. The molecule has 0 spiro atoms. The summed E-state index contributed by atoms with van der Waals surface area (Å²) in [7, 11) is 0. The van der Waals surface area contributed by atoms with Crippen molar-refractivity contribution in [3.63, 3.8) is 0 Å². The van der Waals surface area contributed by atoms with Gasteiger partial charge in [0.15, 0.2) is 0 Å². The third kappa shape index (κ3) is 6.70. The van der Waals surface area contributed by atoms with Gasteiger partial charge in [0.1, 0.15) is 24.0 Å². The molecule has 0 radical (unpaired) electrons. The number of esters is 1. The van der Waals surface area contributed by atoms with E-state index in [9.17, 15) is 14.9 Å². The van der Waals surface area contributed by atoms with Crippen molar-refractivity contribution in [2.45, 2.75) is 13.5 Å². The van der Waals surface area contributed by atoms with Crippen molar-refractivity contribution in [1.29, 1.82) is 5.26 Å². The van der Waals surface area contributed by atoms with E-state index in [1.807, 2.05) is 36.4 Å². The largest absolute Gasteiger partial charge is 0.488 e. The molecule has 1 amide bonds. The van der Waals surface area contributed by atoms with Crippen molar-refractivity contribution in [2.75, 3.05) is 11.9 Å². The van der Waals surface area contributed by atoms with Gasteiger partial charge in [-0.25, -0.2) is 4.79 Å². The molecule has 3 rings (SSSR count). The second kappa shape index (κ2) is 11.5. The summed E-state index contributed by atoms with van der Waals surface area (Å²) >= 11 is 6.13. The SMILES string of the molecule is CCOC(=O)c1ccc(NC(=O)/C(C#N)=C/c2cc(Cl)ccc2OCc2ccccc2)cc1. The number of hydrogen-bond acceptors (Lipinski definition) is 5. The smallest absolute Gasteiger partial charge is 0.338 e. The summed E-state index contributed by atoms with van der Waals surface area (Å²) in [6.07, 6.45) is 1.43. The second-order valence-electron chi connectivity index (χ2n) is 6.88. The number of nitriles is 1. The van der Waals surface area contributed by atoms with Gasteiger partial charge in [-0.3, -0.25) is 4.79 Å². The zero-order valence-corrected chi connectivity index (χ0v) is 18.6. The molecule has 0 unspecified atom stereocenters. The molecule has 0 aliphatic rings. The van der Waals surface area contributed by atoms with Crippen molar-refractivity contribution in [2.24, 2.45) is 0 Å². The van der Waals surface area contributed by atoms with Gasteiger partial charge in [0.05, 0.1) is 12.2 Å². The molecule has 0 fully saturated rings. The summed E-state index contributed by atoms with van der Waals surface area (Å²) in [5, 5.41) is 12.7. The maximum absolute atomic E-state index is 12.7. The molecule has 0 heterocycles. The van der Waals surface area contributed by atoms with Crippen LogP contribution in [0.3, 0.4) is 0 Å². The van der Waals surface area contributed by atoms with E-state index < -0.39 is 11.9 Å². The Bertz CT molecular complexity index is 1200. The molecule has 7 heteroatoms. The fourth-order valence-corrected chi connectivity index (χ4v) is 3.09. The standard InChI is InChI=1S/C26H21ClN2O4/c1-2-32-26(31)19-8-11-23(12-9-19)29-25(30)21(16-28)14-20-15-22(27)10-13-24(20)33-17-18-6-4-3-5-7-18/h3-15H,2,17H2,1H3,(H,29,30)/b21-14+. The zero-order chi connectivity index (χ0) is 23.6. The lowest BCUT2D eigenvalue weighted by Crippen LogP contribution is -2.14. The molecule has 0 bridgehead atoms. The first-order chi connectivity index (χ1) is 16.0. The van der Waals surface area contributed by atoms with Crippen molar-refractivity contribution in [1.82, 2.24) is 0 Å². The van der Waals surface area contributed by atoms with Crippen molar-refractivity contribution < 1.29 is 19.1 Å². The summed E-state index contributed by atoms with van der Waals surface area (Å²) in [6.45, 7) is 2.32. The Labute approximate surface area is 197 Å². The molecule has 0 aromatic heterocycles. The van der Waals surface area contributed by atoms with E-state index in [-0.39, 0.29) is 12.2 Å². The molecule has 0 saturated carbocycles. The minimum Gasteiger partial charge on any atom is -0.488 e. The number of benzene rings is 3. The molecule has 0 saturated heterocycles. The number of rotatable bonds is 8. The molecule has 0 aliphatic carbocycles. The molecule has 166 valence electrons. The van der Waals surface area contributed by atoms with Crippen LogP contribution in [-0.2, 0) is 16.1 Å². The number of amides is 1. The third-order valence-electron chi connectivity index (χ3n) is 4.53. The molecule has 33 heavy (non-hydrogen) atoms. The Morgan fingerprint density at radius 2 is 1.79 bits per heavy atom. The summed E-state index contributed by atoms with van der Waals surface area (Å²) < 4.78 is 10.8. The highest BCUT2D eigenvalue weighted by Gasteiger charge is 2.13. The van der Waals surface area contributed by atoms with E-state index in [0.29, 0.717) is 34.2 Å². The van der Waals surface area contributed by atoms with Crippen molar-refractivity contribution in [3.05, 3.63) is 100 Å². The van der Waals surface area contributed by atoms with E-state index in [1.54, 1.807) is 37.3 Å². The minimum atomic E-state index is -0.602. The van der Waals surface area contributed by atoms with Gasteiger partial charge in [0.25, 0.3) is 5.91 Å². The van der Waals surface area contributed by atoms with E-state index in [4.69, 9.17) is 21.1 Å². The molecule has 3 aromatic carbocycles. The molecule has 3 aromatic rings. The van der Waals surface area contributed by atoms with Gasteiger partial charge >= 0.3 is 5.97 Å². The molecular weight excluding hydrogens is 440 g/mol. The number of anilines is 1. The number of nitrogens with zero attached hydrogens (tertiary/aromatic N) is 1. The van der Waals surface area contributed by atoms with Crippen LogP contribution in [-0.4, -0.2) is 18.5 Å². The van der Waals surface area contributed by atoms with Gasteiger partial charge in [-0.1, -0.05) is 41.9 Å². The van der Waals surface area contributed by atoms with Crippen LogP contribution in [0.25, 0.3) is 6.08 Å². The summed E-state index contributed by atoms with van der Waals surface area (Å²) in [5.74, 6) is -0.560. The maximum atomic E-state index is 12.7. The van der Waals surface area contributed by atoms with Gasteiger partial charge in [-0.2, -0.15) is 5.26 Å². The molecule has 0 atom stereocenters. The lowest BCUT2D eigenvalue weighted by molar-refractivity contribution is -0.112. The normalized spacial score (nSPS) is 10.8. The minimum absolute atomic E-state index is 0.128. The Balaban J connectivity index is 1.76. The van der Waals surface area contributed by atoms with Gasteiger partial charge in [0, 0.05) is 16.3 Å². The van der Waals surface area contributed by atoms with Crippen molar-refractivity contribution in [3.8, 4) is 11.8 Å². The Morgan fingerprint density at radius 1 is 1.06 bits per heavy atom. The van der Waals surface area contributed by atoms with Crippen LogP contribution in [0.15, 0.2) is 78.4 Å². The first kappa shape index (κ1) is 23.6. The van der Waals surface area contributed by atoms with E-state index >= 15 is 0 Å². The second-order valence-corrected chi connectivity index (χ2v) is 7.31. The maximum Gasteiger partial charge on any atom is 0.338 e. The number of halogens is 1. The van der Waals surface area contributed by atoms with Crippen molar-refractivity contribution >= 4 is 35.2 Å². The monoisotopic (exact) mass is 460 g/mol. The molecule has 1 N–H and O–H groups in total. The first-order valence-corrected chi connectivity index (χ1v) is 10.5. The topological polar surface area (TPSA) is 88.4 Å². The number of ether oxygens (including phenoxy) is 2. The van der Waals surface area contributed by atoms with E-state index in [0.717, 1.165) is 5.56 Å². The van der Waals surface area contributed by atoms with Crippen LogP contribution >= 0.6 is 11.6 Å². The summed E-state index contributed by atoms with van der Waals surface area (Å²) in [6, 6.07) is 22.7. The lowest BCUT2D eigenvalue weighted by Gasteiger charge is -2.11. The van der Waals surface area contributed by atoms with Crippen LogP contribution < -0.4 is 10.1 Å². The predicted molar refractivity (Wildman–Crippen MR) is 127 cm³/mol. The third-order valence-corrected chi connectivity index (χ3v) is 4.76. The Morgan fingerprint density at radius 3 is 2.45 bits per heavy atom. The Hall–Kier alpha value is -4.08. The van der Waals surface area contributed by atoms with Gasteiger partial charge in [-0.15, -0.1) is 0 Å². The van der Waals surface area contributed by atoms with Gasteiger partial charge < -0.3 is 14.8 Å². The number of hydrogen-bond donors (Lipinski definition) is 1. The highest BCUT2D eigenvalue weighted by molar-refractivity contribution is 6.30. The fraction of sp³-hybridized carbons (Fsp3) is 0.115. The fourth-order valence-electron chi connectivity index (χ4n) is 2.91. The number of carbonyl (C=O) groups excluding carboxylic acids is 2. The van der Waals surface area contributed by atoms with E-state index in [1.165, 1.54) is 18.2 Å². The van der Waals surface area contributed by atoms with Crippen LogP contribution in [0.4, 0.5) is 5.69 Å². The van der Waals surface area contributed by atoms with Crippen LogP contribution in [0, 0.1) is 11.3 Å². The molecular formula is C26H21ClN2O4. The van der Waals surface area contributed by atoms with Crippen LogP contribution in [0.5, 0.6) is 5.75 Å². The summed E-state index contributed by atoms with van der Waals surface area (Å²) in [4.78, 5) is 24.4. The average Bonchev–Trinajstić information content (AvgIpc) is 2.83. The Kier molecular flexibility index (Phi) is 8.23. The average molecular weight is 461 g/mol. The summed E-state index contributed by atoms with van der Waals surface area (Å²) in [5.41, 5.74) is 2.15. The number of nitrogens with one attached hydrogen (secondary N) is 1. The zero-order valence-electron chi connectivity index (χ0n) is 17.9. The number of carbonyl (C=O) groups is 2. The predicted octanol–water partition coefficient (Wildman–Crippen LogP) is 5.64. The first-order valence-electron chi connectivity index (χ1n) is 10.2. The quantitative estimate of drug-likeness (QED) is 0.267. The molecule has 6 nitrogen and oxygen atoms in total. The van der Waals surface area contributed by atoms with Gasteiger partial charge in [-0.05, 0) is 61.0 Å². The molecule has 0 aliphatic heterocycles. The van der Waals surface area contributed by atoms with Crippen LogP contribution in [0.1, 0.15) is 28.4 Å². The highest BCUT2D eigenvalue weighted by atomic mass is 35.5. The van der Waals surface area contributed by atoms with Crippen LogP contribution in [0.2, 0.25) is 5.02 Å².